The molecule has 0 N–H and O–H groups in total. The number of hydrogen-bond donors (Lipinski definition) is 0. The first kappa shape index (κ1) is 21.4. The molecule has 6 heteroatoms. The minimum atomic E-state index is -0.912. The first-order valence-electron chi connectivity index (χ1n) is 10.4. The minimum Gasteiger partial charge on any atom is -0.325 e. The lowest BCUT2D eigenvalue weighted by Crippen LogP contribution is -2.45. The van der Waals surface area contributed by atoms with Crippen LogP contribution in [0.5, 0.6) is 0 Å². The predicted octanol–water partition coefficient (Wildman–Crippen LogP) is 4.04. The Morgan fingerprint density at radius 3 is 2.25 bits per heavy atom. The van der Waals surface area contributed by atoms with E-state index in [1.54, 1.807) is 0 Å². The molecule has 1 saturated heterocycles. The summed E-state index contributed by atoms with van der Waals surface area (Å²) in [4.78, 5) is 41.8. The maximum atomic E-state index is 13.3. The van der Waals surface area contributed by atoms with Crippen LogP contribution in [0.1, 0.15) is 23.1 Å². The largest absolute Gasteiger partial charge is 0.325 e. The molecule has 1 atom stereocenters. The Bertz CT molecular complexity index is 1130. The molecule has 1 heterocycles. The van der Waals surface area contributed by atoms with Crippen LogP contribution in [0, 0.1) is 12.7 Å². The monoisotopic (exact) mass is 430 g/mol. The molecule has 3 amide bonds. The lowest BCUT2D eigenvalue weighted by atomic mass is 10.1. The number of amides is 3. The second-order valence-electron chi connectivity index (χ2n) is 7.93. The maximum Gasteiger partial charge on any atom is 0.257 e. The van der Waals surface area contributed by atoms with Crippen LogP contribution in [0.4, 0.5) is 10.1 Å². The number of rotatable bonds is 6. The highest BCUT2D eigenvalue weighted by Gasteiger charge is 2.44. The molecule has 1 aliphatic heterocycles. The SMILES string of the molecule is Cc1ccc(CN(C(=O)Cc2ccccc2)C2CC(=O)N(c3ccc(F)cc3)C2=O)cc1. The van der Waals surface area contributed by atoms with Crippen LogP contribution in [-0.4, -0.2) is 28.7 Å². The van der Waals surface area contributed by atoms with Gasteiger partial charge in [0.15, 0.2) is 0 Å². The fraction of sp³-hybridized carbons (Fsp3) is 0.192. The van der Waals surface area contributed by atoms with Crippen molar-refractivity contribution in [1.82, 2.24) is 4.90 Å². The number of benzene rings is 3. The maximum absolute atomic E-state index is 13.3. The van der Waals surface area contributed by atoms with Gasteiger partial charge in [0.1, 0.15) is 11.9 Å². The van der Waals surface area contributed by atoms with Gasteiger partial charge in [0.05, 0.1) is 18.5 Å². The van der Waals surface area contributed by atoms with Crippen molar-refractivity contribution in [2.24, 2.45) is 0 Å². The number of nitrogens with zero attached hydrogens (tertiary/aromatic N) is 2. The predicted molar refractivity (Wildman–Crippen MR) is 119 cm³/mol. The van der Waals surface area contributed by atoms with Crippen LogP contribution in [0.3, 0.4) is 0 Å². The van der Waals surface area contributed by atoms with Gasteiger partial charge in [-0.3, -0.25) is 14.4 Å². The molecule has 32 heavy (non-hydrogen) atoms. The van der Waals surface area contributed by atoms with E-state index in [1.807, 2.05) is 61.5 Å². The quantitative estimate of drug-likeness (QED) is 0.555. The van der Waals surface area contributed by atoms with Gasteiger partial charge in [-0.1, -0.05) is 60.2 Å². The zero-order valence-electron chi connectivity index (χ0n) is 17.7. The van der Waals surface area contributed by atoms with Crippen molar-refractivity contribution < 1.29 is 18.8 Å². The van der Waals surface area contributed by atoms with Crippen LogP contribution in [0.25, 0.3) is 0 Å². The summed E-state index contributed by atoms with van der Waals surface area (Å²) in [5.41, 5.74) is 3.09. The first-order valence-corrected chi connectivity index (χ1v) is 10.4. The summed E-state index contributed by atoms with van der Waals surface area (Å²) in [5, 5.41) is 0. The molecule has 5 nitrogen and oxygen atoms in total. The third kappa shape index (κ3) is 4.59. The number of aryl methyl sites for hydroxylation is 1. The third-order valence-corrected chi connectivity index (χ3v) is 5.58. The summed E-state index contributed by atoms with van der Waals surface area (Å²) < 4.78 is 13.3. The summed E-state index contributed by atoms with van der Waals surface area (Å²) in [6.45, 7) is 2.19. The molecule has 3 aromatic carbocycles. The average molecular weight is 430 g/mol. The van der Waals surface area contributed by atoms with E-state index < -0.39 is 23.7 Å². The number of imide groups is 1. The first-order chi connectivity index (χ1) is 15.4. The highest BCUT2D eigenvalue weighted by atomic mass is 19.1. The minimum absolute atomic E-state index is 0.109. The highest BCUT2D eigenvalue weighted by Crippen LogP contribution is 2.27. The van der Waals surface area contributed by atoms with Crippen molar-refractivity contribution in [3.05, 3.63) is 101 Å². The lowest BCUT2D eigenvalue weighted by molar-refractivity contribution is -0.138. The van der Waals surface area contributed by atoms with E-state index in [0.29, 0.717) is 5.69 Å². The van der Waals surface area contributed by atoms with Gasteiger partial charge in [-0.15, -0.1) is 0 Å². The standard InChI is InChI=1S/C26H23FN2O3/c1-18-7-9-20(10-8-18)17-28(24(30)15-19-5-3-2-4-6-19)23-16-25(31)29(26(23)32)22-13-11-21(27)12-14-22/h2-14,23H,15-17H2,1H3. The van der Waals surface area contributed by atoms with Crippen molar-refractivity contribution in [2.45, 2.75) is 32.4 Å². The number of hydrogen-bond acceptors (Lipinski definition) is 3. The third-order valence-electron chi connectivity index (χ3n) is 5.58. The van der Waals surface area contributed by atoms with E-state index in [-0.39, 0.29) is 25.3 Å². The molecule has 0 radical (unpaired) electrons. The van der Waals surface area contributed by atoms with Gasteiger partial charge in [0.25, 0.3) is 5.91 Å². The molecule has 0 bridgehead atoms. The summed E-state index contributed by atoms with van der Waals surface area (Å²) in [6.07, 6.45) is 0.0177. The molecular formula is C26H23FN2O3. The van der Waals surface area contributed by atoms with E-state index in [1.165, 1.54) is 29.2 Å². The van der Waals surface area contributed by atoms with Crippen molar-refractivity contribution in [3.8, 4) is 0 Å². The number of anilines is 1. The second-order valence-corrected chi connectivity index (χ2v) is 7.93. The Hall–Kier alpha value is -3.80. The lowest BCUT2D eigenvalue weighted by Gasteiger charge is -2.28. The molecule has 0 aromatic heterocycles. The summed E-state index contributed by atoms with van der Waals surface area (Å²) in [6, 6.07) is 21.3. The molecule has 0 spiro atoms. The van der Waals surface area contributed by atoms with Crippen molar-refractivity contribution in [1.29, 1.82) is 0 Å². The fourth-order valence-electron chi connectivity index (χ4n) is 3.86. The molecule has 4 rings (SSSR count). The van der Waals surface area contributed by atoms with Gasteiger partial charge in [0.2, 0.25) is 11.8 Å². The summed E-state index contributed by atoms with van der Waals surface area (Å²) in [7, 11) is 0. The van der Waals surface area contributed by atoms with Crippen LogP contribution in [0.2, 0.25) is 0 Å². The van der Waals surface area contributed by atoms with E-state index in [4.69, 9.17) is 0 Å². The molecule has 1 unspecified atom stereocenters. The van der Waals surface area contributed by atoms with Gasteiger partial charge in [-0.25, -0.2) is 9.29 Å². The zero-order chi connectivity index (χ0) is 22.7. The topological polar surface area (TPSA) is 57.7 Å². The van der Waals surface area contributed by atoms with Gasteiger partial charge < -0.3 is 4.90 Å². The molecule has 0 aliphatic carbocycles. The van der Waals surface area contributed by atoms with Crippen molar-refractivity contribution in [2.75, 3.05) is 4.90 Å². The Morgan fingerprint density at radius 1 is 0.938 bits per heavy atom. The van der Waals surface area contributed by atoms with Gasteiger partial charge >= 0.3 is 0 Å². The van der Waals surface area contributed by atoms with Crippen LogP contribution in [-0.2, 0) is 27.3 Å². The number of carbonyl (C=O) groups is 3. The Balaban J connectivity index is 1.63. The van der Waals surface area contributed by atoms with E-state index >= 15 is 0 Å². The van der Waals surface area contributed by atoms with Crippen molar-refractivity contribution in [3.63, 3.8) is 0 Å². The zero-order valence-corrected chi connectivity index (χ0v) is 17.7. The van der Waals surface area contributed by atoms with E-state index in [2.05, 4.69) is 0 Å². The van der Waals surface area contributed by atoms with Crippen LogP contribution in [0.15, 0.2) is 78.9 Å². The molecule has 162 valence electrons. The number of carbonyl (C=O) groups excluding carboxylic acids is 3. The van der Waals surface area contributed by atoms with Gasteiger partial charge in [-0.05, 0) is 42.3 Å². The normalized spacial score (nSPS) is 15.8. The molecule has 0 saturated carbocycles. The second kappa shape index (κ2) is 9.14. The van der Waals surface area contributed by atoms with Crippen LogP contribution >= 0.6 is 0 Å². The molecule has 1 fully saturated rings. The summed E-state index contributed by atoms with van der Waals surface area (Å²) in [5.74, 6) is -1.57. The molecule has 1 aliphatic rings. The average Bonchev–Trinajstić information content (AvgIpc) is 3.08. The van der Waals surface area contributed by atoms with Crippen LogP contribution < -0.4 is 4.90 Å². The Morgan fingerprint density at radius 2 is 1.59 bits per heavy atom. The smallest absolute Gasteiger partial charge is 0.257 e. The number of halogens is 1. The Labute approximate surface area is 186 Å². The van der Waals surface area contributed by atoms with E-state index in [0.717, 1.165) is 21.6 Å². The Kier molecular flexibility index (Phi) is 6.12. The van der Waals surface area contributed by atoms with Gasteiger partial charge in [-0.2, -0.15) is 0 Å². The molecule has 3 aromatic rings. The summed E-state index contributed by atoms with van der Waals surface area (Å²) >= 11 is 0. The van der Waals surface area contributed by atoms with Crippen molar-refractivity contribution >= 4 is 23.4 Å². The van der Waals surface area contributed by atoms with E-state index in [9.17, 15) is 18.8 Å². The molecular weight excluding hydrogens is 407 g/mol. The fourth-order valence-corrected chi connectivity index (χ4v) is 3.86. The highest BCUT2D eigenvalue weighted by molar-refractivity contribution is 6.23. The van der Waals surface area contributed by atoms with Gasteiger partial charge in [0, 0.05) is 6.54 Å².